The third-order valence-corrected chi connectivity index (χ3v) is 1.79. The maximum atomic E-state index is 4.02. The van der Waals surface area contributed by atoms with Crippen molar-refractivity contribution in [2.75, 3.05) is 0 Å². The third kappa shape index (κ3) is 2.07. The van der Waals surface area contributed by atoms with Gasteiger partial charge in [-0.25, -0.2) is 0 Å². The van der Waals surface area contributed by atoms with Gasteiger partial charge in [-0.1, -0.05) is 20.8 Å². The van der Waals surface area contributed by atoms with Crippen molar-refractivity contribution in [2.45, 2.75) is 33.6 Å². The quantitative estimate of drug-likeness (QED) is 0.706. The van der Waals surface area contributed by atoms with Crippen LogP contribution in [-0.4, -0.2) is 10.2 Å². The Morgan fingerprint density at radius 2 is 2.27 bits per heavy atom. The van der Waals surface area contributed by atoms with Crippen molar-refractivity contribution in [2.24, 2.45) is 5.92 Å². The fraction of sp³-hybridized carbons (Fsp3) is 0.667. The summed E-state index contributed by atoms with van der Waals surface area (Å²) in [4.78, 5) is 0. The Hall–Kier alpha value is -0.790. The summed E-state index contributed by atoms with van der Waals surface area (Å²) >= 11 is 0. The molecule has 1 heterocycles. The maximum absolute atomic E-state index is 4.02. The van der Waals surface area contributed by atoms with Crippen LogP contribution in [0.5, 0.6) is 0 Å². The second kappa shape index (κ2) is 3.56. The molecule has 0 bridgehead atoms. The van der Waals surface area contributed by atoms with Crippen molar-refractivity contribution in [1.29, 1.82) is 0 Å². The van der Waals surface area contributed by atoms with E-state index in [0.29, 0.717) is 0 Å². The summed E-state index contributed by atoms with van der Waals surface area (Å²) in [7, 11) is 0. The summed E-state index contributed by atoms with van der Waals surface area (Å²) < 4.78 is 0. The first-order chi connectivity index (χ1) is 5.24. The van der Waals surface area contributed by atoms with Crippen molar-refractivity contribution in [3.8, 4) is 0 Å². The van der Waals surface area contributed by atoms with Gasteiger partial charge >= 0.3 is 0 Å². The van der Waals surface area contributed by atoms with Crippen LogP contribution >= 0.6 is 0 Å². The standard InChI is InChI=1S/C9H16N2/c1-4-9-8(5-7(2)3)6-10-11-9/h6-7H,4-5H2,1-3H3,(H,10,11). The van der Waals surface area contributed by atoms with E-state index in [1.165, 1.54) is 11.3 Å². The molecule has 0 radical (unpaired) electrons. The lowest BCUT2D eigenvalue weighted by molar-refractivity contribution is 0.643. The maximum Gasteiger partial charge on any atom is 0.0522 e. The molecule has 62 valence electrons. The van der Waals surface area contributed by atoms with Crippen LogP contribution in [0.3, 0.4) is 0 Å². The smallest absolute Gasteiger partial charge is 0.0522 e. The predicted molar refractivity (Wildman–Crippen MR) is 46.5 cm³/mol. The number of rotatable bonds is 3. The highest BCUT2D eigenvalue weighted by Gasteiger charge is 2.04. The zero-order valence-corrected chi connectivity index (χ0v) is 7.52. The van der Waals surface area contributed by atoms with E-state index in [4.69, 9.17) is 0 Å². The second-order valence-electron chi connectivity index (χ2n) is 3.33. The first-order valence-corrected chi connectivity index (χ1v) is 4.25. The molecule has 0 aromatic carbocycles. The van der Waals surface area contributed by atoms with Crippen LogP contribution < -0.4 is 0 Å². The first kappa shape index (κ1) is 8.31. The molecule has 1 aromatic heterocycles. The Kier molecular flexibility index (Phi) is 2.69. The molecule has 0 fully saturated rings. The van der Waals surface area contributed by atoms with Crippen LogP contribution in [0.1, 0.15) is 32.0 Å². The average Bonchev–Trinajstić information content (AvgIpc) is 2.34. The summed E-state index contributed by atoms with van der Waals surface area (Å²) in [5, 5.41) is 7.03. The van der Waals surface area contributed by atoms with Gasteiger partial charge in [0.05, 0.1) is 6.20 Å². The molecular formula is C9H16N2. The zero-order valence-electron chi connectivity index (χ0n) is 7.52. The van der Waals surface area contributed by atoms with E-state index >= 15 is 0 Å². The molecule has 0 amide bonds. The van der Waals surface area contributed by atoms with Gasteiger partial charge in [0.15, 0.2) is 0 Å². The first-order valence-electron chi connectivity index (χ1n) is 4.25. The van der Waals surface area contributed by atoms with Gasteiger partial charge in [-0.3, -0.25) is 5.10 Å². The molecule has 2 nitrogen and oxygen atoms in total. The number of hydrogen-bond acceptors (Lipinski definition) is 1. The summed E-state index contributed by atoms with van der Waals surface area (Å²) in [6.07, 6.45) is 4.14. The van der Waals surface area contributed by atoms with Gasteiger partial charge < -0.3 is 0 Å². The average molecular weight is 152 g/mol. The summed E-state index contributed by atoms with van der Waals surface area (Å²) in [5.41, 5.74) is 2.67. The summed E-state index contributed by atoms with van der Waals surface area (Å²) in [6.45, 7) is 6.61. The predicted octanol–water partition coefficient (Wildman–Crippen LogP) is 2.17. The van der Waals surface area contributed by atoms with E-state index in [1.54, 1.807) is 0 Å². The van der Waals surface area contributed by atoms with Gasteiger partial charge in [0.1, 0.15) is 0 Å². The van der Waals surface area contributed by atoms with Gasteiger partial charge in [0.25, 0.3) is 0 Å². The van der Waals surface area contributed by atoms with E-state index < -0.39 is 0 Å². The van der Waals surface area contributed by atoms with Crippen molar-refractivity contribution < 1.29 is 0 Å². The minimum atomic E-state index is 0.720. The van der Waals surface area contributed by atoms with Crippen molar-refractivity contribution in [3.63, 3.8) is 0 Å². The Labute approximate surface area is 68.0 Å². The van der Waals surface area contributed by atoms with E-state index in [0.717, 1.165) is 18.8 Å². The van der Waals surface area contributed by atoms with Crippen molar-refractivity contribution in [3.05, 3.63) is 17.5 Å². The third-order valence-electron chi connectivity index (χ3n) is 1.79. The van der Waals surface area contributed by atoms with Crippen LogP contribution in [0.4, 0.5) is 0 Å². The number of hydrogen-bond donors (Lipinski definition) is 1. The Balaban J connectivity index is 2.68. The highest BCUT2D eigenvalue weighted by atomic mass is 15.1. The Morgan fingerprint density at radius 1 is 1.55 bits per heavy atom. The number of H-pyrrole nitrogens is 1. The SMILES string of the molecule is CCc1[nH]ncc1CC(C)C. The van der Waals surface area contributed by atoms with E-state index in [-0.39, 0.29) is 0 Å². The minimum absolute atomic E-state index is 0.720. The van der Waals surface area contributed by atoms with Crippen LogP contribution in [0, 0.1) is 5.92 Å². The van der Waals surface area contributed by atoms with Gasteiger partial charge in [0.2, 0.25) is 0 Å². The minimum Gasteiger partial charge on any atom is -0.282 e. The largest absolute Gasteiger partial charge is 0.282 e. The number of aromatic amines is 1. The fourth-order valence-corrected chi connectivity index (χ4v) is 1.26. The topological polar surface area (TPSA) is 28.7 Å². The molecule has 0 atom stereocenters. The normalized spacial score (nSPS) is 10.9. The van der Waals surface area contributed by atoms with E-state index in [1.807, 2.05) is 6.20 Å². The molecule has 1 rings (SSSR count). The lowest BCUT2D eigenvalue weighted by Gasteiger charge is -2.02. The zero-order chi connectivity index (χ0) is 8.27. The molecule has 1 N–H and O–H groups in total. The lowest BCUT2D eigenvalue weighted by Crippen LogP contribution is -1.96. The van der Waals surface area contributed by atoms with Crippen molar-refractivity contribution >= 4 is 0 Å². The fourth-order valence-electron chi connectivity index (χ4n) is 1.26. The molecule has 11 heavy (non-hydrogen) atoms. The molecule has 0 spiro atoms. The molecule has 0 aliphatic carbocycles. The van der Waals surface area contributed by atoms with Crippen LogP contribution in [0.2, 0.25) is 0 Å². The molecular weight excluding hydrogens is 136 g/mol. The number of aromatic nitrogens is 2. The van der Waals surface area contributed by atoms with Crippen molar-refractivity contribution in [1.82, 2.24) is 10.2 Å². The Morgan fingerprint density at radius 3 is 2.82 bits per heavy atom. The molecule has 0 aliphatic heterocycles. The molecule has 0 unspecified atom stereocenters. The highest BCUT2D eigenvalue weighted by molar-refractivity contribution is 5.16. The molecule has 0 saturated carbocycles. The van der Waals surface area contributed by atoms with Gasteiger partial charge in [-0.2, -0.15) is 5.10 Å². The van der Waals surface area contributed by atoms with E-state index in [9.17, 15) is 0 Å². The monoisotopic (exact) mass is 152 g/mol. The van der Waals surface area contributed by atoms with Crippen LogP contribution in [0.15, 0.2) is 6.20 Å². The summed E-state index contributed by atoms with van der Waals surface area (Å²) in [6, 6.07) is 0. The number of nitrogens with one attached hydrogen (secondary N) is 1. The molecule has 0 saturated heterocycles. The van der Waals surface area contributed by atoms with Crippen LogP contribution in [0.25, 0.3) is 0 Å². The number of aryl methyl sites for hydroxylation is 1. The Bertz CT molecular complexity index is 213. The molecule has 0 aliphatic rings. The second-order valence-corrected chi connectivity index (χ2v) is 3.33. The molecule has 1 aromatic rings. The number of nitrogens with zero attached hydrogens (tertiary/aromatic N) is 1. The van der Waals surface area contributed by atoms with Gasteiger partial charge in [-0.15, -0.1) is 0 Å². The lowest BCUT2D eigenvalue weighted by atomic mass is 10.0. The van der Waals surface area contributed by atoms with E-state index in [2.05, 4.69) is 31.0 Å². The molecule has 2 heteroatoms. The van der Waals surface area contributed by atoms with Gasteiger partial charge in [-0.05, 0) is 24.3 Å². The van der Waals surface area contributed by atoms with Crippen LogP contribution in [-0.2, 0) is 12.8 Å². The highest BCUT2D eigenvalue weighted by Crippen LogP contribution is 2.10. The van der Waals surface area contributed by atoms with Gasteiger partial charge in [0, 0.05) is 5.69 Å². The summed E-state index contributed by atoms with van der Waals surface area (Å²) in [5.74, 6) is 0.720.